The third-order valence-corrected chi connectivity index (χ3v) is 5.65. The third kappa shape index (κ3) is 5.40. The number of methoxy groups -OCH3 is 2. The number of halogens is 1. The topological polar surface area (TPSA) is 148 Å². The number of H-pyrrole nitrogens is 1. The minimum atomic E-state index is -4.20. The van der Waals surface area contributed by atoms with Gasteiger partial charge in [0.05, 0.1) is 19.4 Å². The van der Waals surface area contributed by atoms with Gasteiger partial charge >= 0.3 is 0 Å². The Balaban J connectivity index is 2.12. The molecule has 0 fully saturated rings. The molecule has 3 aromatic rings. The Morgan fingerprint density at radius 2 is 1.85 bits per heavy atom. The van der Waals surface area contributed by atoms with Crippen LogP contribution in [0.5, 0.6) is 11.5 Å². The largest absolute Gasteiger partial charge is 0.495 e. The first kappa shape index (κ1) is 24.0. The second kappa shape index (κ2) is 10.3. The molecule has 0 unspecified atom stereocenters. The number of rotatable bonds is 9. The van der Waals surface area contributed by atoms with Gasteiger partial charge in [-0.2, -0.15) is 5.26 Å². The molecule has 0 spiro atoms. The van der Waals surface area contributed by atoms with Crippen LogP contribution in [0.15, 0.2) is 62.4 Å². The van der Waals surface area contributed by atoms with E-state index in [-0.39, 0.29) is 46.7 Å². The van der Waals surface area contributed by atoms with Crippen LogP contribution in [-0.4, -0.2) is 45.6 Å². The van der Waals surface area contributed by atoms with Gasteiger partial charge in [-0.3, -0.25) is 9.89 Å². The zero-order valence-electron chi connectivity index (χ0n) is 17.5. The smallest absolute Gasteiger partial charge is 0.300 e. The van der Waals surface area contributed by atoms with Crippen LogP contribution in [0.1, 0.15) is 5.69 Å². The predicted molar refractivity (Wildman–Crippen MR) is 119 cm³/mol. The van der Waals surface area contributed by atoms with Gasteiger partial charge in [-0.25, -0.2) is 13.1 Å². The van der Waals surface area contributed by atoms with Crippen molar-refractivity contribution in [1.29, 1.82) is 5.26 Å². The molecule has 0 bridgehead atoms. The van der Waals surface area contributed by atoms with Crippen molar-refractivity contribution in [3.05, 3.63) is 58.5 Å². The van der Waals surface area contributed by atoms with E-state index in [1.807, 2.05) is 6.07 Å². The number of nitriles is 1. The summed E-state index contributed by atoms with van der Waals surface area (Å²) < 4.78 is 40.7. The van der Waals surface area contributed by atoms with Gasteiger partial charge in [0.1, 0.15) is 29.0 Å². The van der Waals surface area contributed by atoms with Gasteiger partial charge in [-0.15, -0.1) is 10.2 Å². The zero-order chi connectivity index (χ0) is 24.0. The lowest BCUT2D eigenvalue weighted by Gasteiger charge is -2.12. The highest BCUT2D eigenvalue weighted by molar-refractivity contribution is 8.13. The van der Waals surface area contributed by atoms with E-state index >= 15 is 0 Å². The second-order valence-corrected chi connectivity index (χ2v) is 8.91. The van der Waals surface area contributed by atoms with Crippen molar-refractivity contribution in [2.24, 2.45) is 10.2 Å². The number of aromatic nitrogens is 2. The first-order valence-electron chi connectivity index (χ1n) is 9.31. The summed E-state index contributed by atoms with van der Waals surface area (Å²) in [7, 11) is 4.06. The summed E-state index contributed by atoms with van der Waals surface area (Å²) in [5.41, 5.74) is -0.587. The molecule has 1 N–H and O–H groups in total. The molecule has 172 valence electrons. The Morgan fingerprint density at radius 1 is 1.12 bits per heavy atom. The molecule has 0 aliphatic heterocycles. The maximum absolute atomic E-state index is 12.8. The minimum absolute atomic E-state index is 0.0538. The maximum Gasteiger partial charge on any atom is 0.300 e. The third-order valence-electron chi connectivity index (χ3n) is 4.30. The lowest BCUT2D eigenvalue weighted by Crippen LogP contribution is -2.13. The average Bonchev–Trinajstić information content (AvgIpc) is 3.13. The number of nitrogens with one attached hydrogen (secondary N) is 1. The number of hydrogen-bond acceptors (Lipinski definition) is 9. The second-order valence-electron chi connectivity index (χ2n) is 6.37. The number of hydrogen-bond donors (Lipinski definition) is 1. The summed E-state index contributed by atoms with van der Waals surface area (Å²) in [6, 6.07) is 12.8. The number of nitrogens with zero attached hydrogens (tertiary/aromatic N) is 4. The summed E-state index contributed by atoms with van der Waals surface area (Å²) in [6.45, 7) is 0.357. The molecule has 33 heavy (non-hydrogen) atoms. The van der Waals surface area contributed by atoms with Crippen LogP contribution in [0.3, 0.4) is 0 Å². The van der Waals surface area contributed by atoms with Crippen molar-refractivity contribution in [1.82, 2.24) is 9.78 Å². The van der Waals surface area contributed by atoms with Crippen molar-refractivity contribution < 1.29 is 22.6 Å². The van der Waals surface area contributed by atoms with Gasteiger partial charge in [-0.1, -0.05) is 18.2 Å². The molecule has 0 radical (unpaired) electrons. The van der Waals surface area contributed by atoms with E-state index in [0.717, 1.165) is 10.7 Å². The van der Waals surface area contributed by atoms with Crippen molar-refractivity contribution >= 4 is 31.1 Å². The molecule has 1 aromatic heterocycles. The molecule has 0 saturated carbocycles. The summed E-state index contributed by atoms with van der Waals surface area (Å²) in [6.07, 6.45) is 0. The highest BCUT2D eigenvalue weighted by Gasteiger charge is 2.22. The first-order valence-corrected chi connectivity index (χ1v) is 11.6. The molecule has 0 aliphatic rings. The van der Waals surface area contributed by atoms with Gasteiger partial charge in [0.25, 0.3) is 14.6 Å². The van der Waals surface area contributed by atoms with Gasteiger partial charge in [0.15, 0.2) is 17.1 Å². The number of benzene rings is 2. The molecule has 0 amide bonds. The summed E-state index contributed by atoms with van der Waals surface area (Å²) in [4.78, 5) is 12.5. The standard InChI is InChI=1S/C20H18ClN5O6S/c1-30-8-9-32-16-11-17(31-2)18(33(21,28)29)10-14(16)23-24-19-15(12-22)25-26(20(19)27)13-6-4-3-5-7-13/h3-7,10-11,25H,8-9H2,1-2H3. The van der Waals surface area contributed by atoms with Crippen molar-refractivity contribution in [3.8, 4) is 23.3 Å². The molecular weight excluding hydrogens is 474 g/mol. The van der Waals surface area contributed by atoms with Crippen molar-refractivity contribution in [2.75, 3.05) is 27.4 Å². The molecule has 1 heterocycles. The van der Waals surface area contributed by atoms with Crippen molar-refractivity contribution in [3.63, 3.8) is 0 Å². The normalized spacial score (nSPS) is 11.5. The lowest BCUT2D eigenvalue weighted by molar-refractivity contribution is 0.146. The van der Waals surface area contributed by atoms with Crippen LogP contribution in [0.25, 0.3) is 5.69 Å². The summed E-state index contributed by atoms with van der Waals surface area (Å²) in [5, 5.41) is 20.0. The van der Waals surface area contributed by atoms with Crippen LogP contribution in [-0.2, 0) is 13.8 Å². The summed E-state index contributed by atoms with van der Waals surface area (Å²) in [5.74, 6) is 0.0382. The molecule has 11 nitrogen and oxygen atoms in total. The fraction of sp³-hybridized carbons (Fsp3) is 0.200. The molecule has 2 aromatic carbocycles. The fourth-order valence-corrected chi connectivity index (χ4v) is 3.77. The van der Waals surface area contributed by atoms with Crippen molar-refractivity contribution in [2.45, 2.75) is 4.90 Å². The van der Waals surface area contributed by atoms with Crippen LogP contribution in [0.4, 0.5) is 11.4 Å². The van der Waals surface area contributed by atoms with Gasteiger partial charge in [0, 0.05) is 23.9 Å². The predicted octanol–water partition coefficient (Wildman–Crippen LogP) is 3.41. The molecular formula is C20H18ClN5O6S. The van der Waals surface area contributed by atoms with Crippen LogP contribution in [0.2, 0.25) is 0 Å². The van der Waals surface area contributed by atoms with Crippen LogP contribution in [0, 0.1) is 11.3 Å². The Hall–Kier alpha value is -3.66. The Bertz CT molecular complexity index is 1380. The van der Waals surface area contributed by atoms with E-state index in [4.69, 9.17) is 24.9 Å². The van der Waals surface area contributed by atoms with E-state index in [9.17, 15) is 18.5 Å². The molecule has 0 saturated heterocycles. The van der Waals surface area contributed by atoms with E-state index in [2.05, 4.69) is 15.3 Å². The SMILES string of the molecule is COCCOc1cc(OC)c(S(=O)(=O)Cl)cc1N=Nc1c(C#N)[nH]n(-c2ccccc2)c1=O. The highest BCUT2D eigenvalue weighted by Crippen LogP contribution is 2.39. The number of azo groups is 1. The average molecular weight is 492 g/mol. The molecule has 13 heteroatoms. The quantitative estimate of drug-likeness (QED) is 0.274. The maximum atomic E-state index is 12.8. The first-order chi connectivity index (χ1) is 15.8. The zero-order valence-corrected chi connectivity index (χ0v) is 19.1. The molecule has 0 aliphatic carbocycles. The number of para-hydroxylation sites is 1. The van der Waals surface area contributed by atoms with E-state index in [1.165, 1.54) is 20.3 Å². The number of aromatic amines is 1. The lowest BCUT2D eigenvalue weighted by atomic mass is 10.3. The summed E-state index contributed by atoms with van der Waals surface area (Å²) >= 11 is 0. The van der Waals surface area contributed by atoms with Crippen LogP contribution >= 0.6 is 10.7 Å². The van der Waals surface area contributed by atoms with E-state index < -0.39 is 14.6 Å². The molecule has 0 atom stereocenters. The van der Waals surface area contributed by atoms with Gasteiger partial charge in [-0.05, 0) is 18.2 Å². The van der Waals surface area contributed by atoms with E-state index in [1.54, 1.807) is 30.3 Å². The Morgan fingerprint density at radius 3 is 2.45 bits per heavy atom. The van der Waals surface area contributed by atoms with Crippen LogP contribution < -0.4 is 15.0 Å². The highest BCUT2D eigenvalue weighted by atomic mass is 35.7. The Labute approximate surface area is 193 Å². The van der Waals surface area contributed by atoms with Gasteiger partial charge in [0.2, 0.25) is 0 Å². The number of ether oxygens (including phenoxy) is 3. The Kier molecular flexibility index (Phi) is 7.49. The van der Waals surface area contributed by atoms with E-state index in [0.29, 0.717) is 5.69 Å². The molecule has 3 rings (SSSR count). The minimum Gasteiger partial charge on any atom is -0.495 e. The van der Waals surface area contributed by atoms with Gasteiger partial charge < -0.3 is 14.2 Å². The monoisotopic (exact) mass is 491 g/mol. The fourth-order valence-electron chi connectivity index (χ4n) is 2.77.